The van der Waals surface area contributed by atoms with E-state index in [-0.39, 0.29) is 12.5 Å². The van der Waals surface area contributed by atoms with Crippen molar-refractivity contribution < 1.29 is 24.1 Å². The smallest absolute Gasteiger partial charge is 0.333 e. The molecule has 6 nitrogen and oxygen atoms in total. The van der Waals surface area contributed by atoms with Gasteiger partial charge in [0.15, 0.2) is 6.10 Å². The van der Waals surface area contributed by atoms with E-state index in [1.165, 1.54) is 5.56 Å². The van der Waals surface area contributed by atoms with Crippen molar-refractivity contribution in [3.63, 3.8) is 0 Å². The number of fused-ring (bicyclic) bond motifs is 1. The lowest BCUT2D eigenvalue weighted by molar-refractivity contribution is -0.149. The van der Waals surface area contributed by atoms with Gasteiger partial charge in [-0.25, -0.2) is 4.79 Å². The van der Waals surface area contributed by atoms with E-state index in [1.807, 2.05) is 42.5 Å². The number of benzene rings is 3. The van der Waals surface area contributed by atoms with E-state index < -0.39 is 12.1 Å². The number of para-hydroxylation sites is 2. The predicted molar refractivity (Wildman–Crippen MR) is 127 cm³/mol. The van der Waals surface area contributed by atoms with E-state index in [0.717, 1.165) is 29.1 Å². The summed E-state index contributed by atoms with van der Waals surface area (Å²) in [4.78, 5) is 13.8. The van der Waals surface area contributed by atoms with Crippen LogP contribution in [0.25, 0.3) is 0 Å². The lowest BCUT2D eigenvalue weighted by Crippen LogP contribution is -2.34. The minimum absolute atomic E-state index is 0.186. The number of carboxylic acids is 1. The second-order valence-corrected chi connectivity index (χ2v) is 8.00. The van der Waals surface area contributed by atoms with Crippen LogP contribution in [0.2, 0.25) is 0 Å². The Morgan fingerprint density at radius 3 is 2.61 bits per heavy atom. The van der Waals surface area contributed by atoms with E-state index in [4.69, 9.17) is 14.2 Å². The Kier molecular flexibility index (Phi) is 7.15. The average molecular weight is 448 g/mol. The molecule has 2 atom stereocenters. The zero-order valence-corrected chi connectivity index (χ0v) is 18.9. The molecule has 3 aromatic rings. The van der Waals surface area contributed by atoms with Crippen molar-refractivity contribution in [2.45, 2.75) is 32.1 Å². The summed E-state index contributed by atoms with van der Waals surface area (Å²) < 4.78 is 17.4. The summed E-state index contributed by atoms with van der Waals surface area (Å²) >= 11 is 0. The molecule has 0 radical (unpaired) electrons. The van der Waals surface area contributed by atoms with Gasteiger partial charge >= 0.3 is 5.97 Å². The van der Waals surface area contributed by atoms with Gasteiger partial charge in [-0.3, -0.25) is 0 Å². The van der Waals surface area contributed by atoms with E-state index >= 15 is 0 Å². The second kappa shape index (κ2) is 10.4. The topological polar surface area (TPSA) is 68.2 Å². The van der Waals surface area contributed by atoms with Crippen LogP contribution in [0, 0.1) is 0 Å². The first-order valence-electron chi connectivity index (χ1n) is 11.1. The second-order valence-electron chi connectivity index (χ2n) is 8.00. The summed E-state index contributed by atoms with van der Waals surface area (Å²) in [5, 5.41) is 9.44. The number of carboxylic acid groups (broad SMARTS) is 1. The van der Waals surface area contributed by atoms with Crippen molar-refractivity contribution in [3.05, 3.63) is 89.5 Å². The van der Waals surface area contributed by atoms with Crippen LogP contribution >= 0.6 is 0 Å². The monoisotopic (exact) mass is 447 g/mol. The first-order chi connectivity index (χ1) is 16.1. The molecule has 0 fully saturated rings. The molecule has 0 spiro atoms. The van der Waals surface area contributed by atoms with E-state index in [9.17, 15) is 9.90 Å². The van der Waals surface area contributed by atoms with Crippen LogP contribution in [-0.2, 0) is 22.5 Å². The molecule has 1 aliphatic rings. The maximum absolute atomic E-state index is 11.5. The number of hydrogen-bond acceptors (Lipinski definition) is 5. The van der Waals surface area contributed by atoms with E-state index in [2.05, 4.69) is 35.2 Å². The van der Waals surface area contributed by atoms with Gasteiger partial charge in [-0.2, -0.15) is 0 Å². The quantitative estimate of drug-likeness (QED) is 0.505. The molecule has 0 aromatic heterocycles. The lowest BCUT2D eigenvalue weighted by Gasteiger charge is -2.36. The third-order valence-electron chi connectivity index (χ3n) is 5.81. The molecule has 0 saturated carbocycles. The third-order valence-corrected chi connectivity index (χ3v) is 5.81. The minimum Gasteiger partial charge on any atom is -0.496 e. The highest BCUT2D eigenvalue weighted by molar-refractivity contribution is 5.73. The molecule has 4 rings (SSSR count). The SMILES string of the molecule is CCOC(Cc1ccc(C2CN(Cc3ccccc3)c3ccccc3O2)cc1OC)C(=O)O. The Bertz CT molecular complexity index is 1080. The molecule has 0 bridgehead atoms. The molecule has 0 amide bonds. The Balaban J connectivity index is 1.60. The lowest BCUT2D eigenvalue weighted by atomic mass is 10.00. The zero-order chi connectivity index (χ0) is 23.2. The van der Waals surface area contributed by atoms with E-state index in [0.29, 0.717) is 18.9 Å². The van der Waals surface area contributed by atoms with Crippen LogP contribution in [-0.4, -0.2) is 37.4 Å². The van der Waals surface area contributed by atoms with Crippen molar-refractivity contribution in [2.75, 3.05) is 25.2 Å². The Morgan fingerprint density at radius 1 is 1.12 bits per heavy atom. The number of nitrogens with zero attached hydrogens (tertiary/aromatic N) is 1. The first-order valence-corrected chi connectivity index (χ1v) is 11.1. The number of aliphatic carboxylic acids is 1. The largest absolute Gasteiger partial charge is 0.496 e. The van der Waals surface area contributed by atoms with Crippen molar-refractivity contribution in [2.24, 2.45) is 0 Å². The zero-order valence-electron chi connectivity index (χ0n) is 18.9. The number of methoxy groups -OCH3 is 1. The molecule has 1 N–H and O–H groups in total. The van der Waals surface area contributed by atoms with Gasteiger partial charge in [-0.1, -0.05) is 54.6 Å². The minimum atomic E-state index is -0.980. The molecular formula is C27H29NO5. The van der Waals surface area contributed by atoms with Crippen LogP contribution in [0.5, 0.6) is 11.5 Å². The highest BCUT2D eigenvalue weighted by Gasteiger charge is 2.28. The van der Waals surface area contributed by atoms with Gasteiger partial charge in [0.1, 0.15) is 17.6 Å². The highest BCUT2D eigenvalue weighted by atomic mass is 16.5. The Morgan fingerprint density at radius 2 is 1.88 bits per heavy atom. The Hall–Kier alpha value is -3.51. The van der Waals surface area contributed by atoms with Crippen molar-refractivity contribution in [3.8, 4) is 11.5 Å². The van der Waals surface area contributed by atoms with Crippen LogP contribution in [0.15, 0.2) is 72.8 Å². The van der Waals surface area contributed by atoms with Gasteiger partial charge in [0.05, 0.1) is 19.3 Å². The summed E-state index contributed by atoms with van der Waals surface area (Å²) in [6.07, 6.45) is -0.858. The molecular weight excluding hydrogens is 418 g/mol. The fourth-order valence-corrected chi connectivity index (χ4v) is 4.18. The molecule has 3 aromatic carbocycles. The van der Waals surface area contributed by atoms with Crippen LogP contribution in [0.1, 0.15) is 29.7 Å². The van der Waals surface area contributed by atoms with Crippen molar-refractivity contribution >= 4 is 11.7 Å². The summed E-state index contributed by atoms with van der Waals surface area (Å²) in [6.45, 7) is 3.59. The van der Waals surface area contributed by atoms with Gasteiger partial charge < -0.3 is 24.2 Å². The van der Waals surface area contributed by atoms with Crippen LogP contribution < -0.4 is 14.4 Å². The molecule has 2 unspecified atom stereocenters. The molecule has 33 heavy (non-hydrogen) atoms. The normalized spacial score (nSPS) is 15.9. The van der Waals surface area contributed by atoms with Crippen LogP contribution in [0.4, 0.5) is 5.69 Å². The van der Waals surface area contributed by atoms with E-state index in [1.54, 1.807) is 14.0 Å². The fourth-order valence-electron chi connectivity index (χ4n) is 4.18. The number of anilines is 1. The maximum atomic E-state index is 11.5. The summed E-state index contributed by atoms with van der Waals surface area (Å²) in [7, 11) is 1.60. The number of ether oxygens (including phenoxy) is 3. The molecule has 0 aliphatic carbocycles. The standard InChI is InChI=1S/C27H29NO5/c1-3-32-25(27(29)30)16-20-13-14-21(15-24(20)31-2)26-18-28(17-19-9-5-4-6-10-19)22-11-7-8-12-23(22)33-26/h4-15,25-26H,3,16-18H2,1-2H3,(H,29,30). The molecule has 1 heterocycles. The maximum Gasteiger partial charge on any atom is 0.333 e. The Labute approximate surface area is 194 Å². The van der Waals surface area contributed by atoms with Crippen molar-refractivity contribution in [1.82, 2.24) is 0 Å². The van der Waals surface area contributed by atoms with Gasteiger partial charge in [0.2, 0.25) is 0 Å². The fraction of sp³-hybridized carbons (Fsp3) is 0.296. The number of hydrogen-bond donors (Lipinski definition) is 1. The first kappa shape index (κ1) is 22.7. The molecule has 6 heteroatoms. The summed E-state index contributed by atoms with van der Waals surface area (Å²) in [6, 6.07) is 24.3. The van der Waals surface area contributed by atoms with Crippen LogP contribution in [0.3, 0.4) is 0 Å². The summed E-state index contributed by atoms with van der Waals surface area (Å²) in [5.74, 6) is 0.497. The number of carbonyl (C=O) groups is 1. The van der Waals surface area contributed by atoms with Gasteiger partial charge in [-0.15, -0.1) is 0 Å². The van der Waals surface area contributed by atoms with Gasteiger partial charge in [-0.05, 0) is 41.8 Å². The summed E-state index contributed by atoms with van der Waals surface area (Å²) in [5.41, 5.74) is 4.07. The highest BCUT2D eigenvalue weighted by Crippen LogP contribution is 2.39. The third kappa shape index (κ3) is 5.29. The molecule has 0 saturated heterocycles. The molecule has 1 aliphatic heterocycles. The average Bonchev–Trinajstić information content (AvgIpc) is 2.84. The van der Waals surface area contributed by atoms with Crippen molar-refractivity contribution in [1.29, 1.82) is 0 Å². The van der Waals surface area contributed by atoms with Gasteiger partial charge in [0.25, 0.3) is 0 Å². The predicted octanol–water partition coefficient (Wildman–Crippen LogP) is 4.87. The van der Waals surface area contributed by atoms with Gasteiger partial charge in [0, 0.05) is 19.6 Å². The molecule has 172 valence electrons. The number of rotatable bonds is 9.